The number of hydrogen-bond donors (Lipinski definition) is 1. The number of nitrogens with one attached hydrogen (secondary N) is 1. The van der Waals surface area contributed by atoms with Gasteiger partial charge in [0.15, 0.2) is 0 Å². The lowest BCUT2D eigenvalue weighted by Crippen LogP contribution is -2.45. The van der Waals surface area contributed by atoms with Crippen LogP contribution in [0, 0.1) is 0 Å². The van der Waals surface area contributed by atoms with Crippen molar-refractivity contribution < 1.29 is 8.78 Å². The van der Waals surface area contributed by atoms with E-state index in [0.717, 1.165) is 19.5 Å². The summed E-state index contributed by atoms with van der Waals surface area (Å²) in [5.41, 5.74) is -0.810. The van der Waals surface area contributed by atoms with Crippen LogP contribution < -0.4 is 5.32 Å². The second-order valence-corrected chi connectivity index (χ2v) is 4.35. The van der Waals surface area contributed by atoms with E-state index >= 15 is 0 Å². The Morgan fingerprint density at radius 2 is 2.15 bits per heavy atom. The van der Waals surface area contributed by atoms with Gasteiger partial charge in [-0.05, 0) is 32.9 Å². The minimum Gasteiger partial charge on any atom is -0.305 e. The van der Waals surface area contributed by atoms with Crippen molar-refractivity contribution in [2.75, 3.05) is 20.1 Å². The Balaban J connectivity index is 1.84. The lowest BCUT2D eigenvalue weighted by Gasteiger charge is -2.21. The summed E-state index contributed by atoms with van der Waals surface area (Å²) in [7, 11) is 2.03. The molecule has 0 radical (unpaired) electrons. The van der Waals surface area contributed by atoms with E-state index in [2.05, 4.69) is 10.2 Å². The molecular weight excluding hydrogens is 174 g/mol. The van der Waals surface area contributed by atoms with Crippen molar-refractivity contribution in [2.45, 2.75) is 37.3 Å². The van der Waals surface area contributed by atoms with Crippen LogP contribution in [0.15, 0.2) is 0 Å². The van der Waals surface area contributed by atoms with Crippen molar-refractivity contribution in [1.29, 1.82) is 0 Å². The molecule has 1 aliphatic heterocycles. The number of nitrogens with zero attached hydrogens (tertiary/aromatic N) is 1. The summed E-state index contributed by atoms with van der Waals surface area (Å²) in [6.45, 7) is 1.94. The second-order valence-electron chi connectivity index (χ2n) is 4.35. The highest BCUT2D eigenvalue weighted by molar-refractivity contribution is 5.06. The quantitative estimate of drug-likeness (QED) is 0.716. The number of rotatable bonds is 3. The van der Waals surface area contributed by atoms with Crippen molar-refractivity contribution in [3.8, 4) is 0 Å². The van der Waals surface area contributed by atoms with Gasteiger partial charge in [0.2, 0.25) is 0 Å². The minimum atomic E-state index is -2.20. The van der Waals surface area contributed by atoms with Crippen molar-refractivity contribution in [3.05, 3.63) is 0 Å². The topological polar surface area (TPSA) is 15.3 Å². The Morgan fingerprint density at radius 3 is 2.54 bits per heavy atom. The molecule has 76 valence electrons. The van der Waals surface area contributed by atoms with Gasteiger partial charge >= 0.3 is 0 Å². The van der Waals surface area contributed by atoms with Crippen LogP contribution in [0.1, 0.15) is 19.3 Å². The van der Waals surface area contributed by atoms with Crippen LogP contribution in [0.25, 0.3) is 0 Å². The van der Waals surface area contributed by atoms with Crippen LogP contribution >= 0.6 is 0 Å². The highest BCUT2D eigenvalue weighted by Gasteiger charge is 2.52. The Kier molecular flexibility index (Phi) is 2.28. The first-order valence-corrected chi connectivity index (χ1v) is 4.87. The van der Waals surface area contributed by atoms with E-state index in [1.54, 1.807) is 0 Å². The predicted octanol–water partition coefficient (Wildman–Crippen LogP) is 1.08. The molecule has 2 aliphatic rings. The third-order valence-electron chi connectivity index (χ3n) is 3.09. The zero-order valence-electron chi connectivity index (χ0n) is 7.89. The Hall–Kier alpha value is -0.220. The largest absolute Gasteiger partial charge is 0.305 e. The first-order chi connectivity index (χ1) is 6.12. The Morgan fingerprint density at radius 1 is 1.46 bits per heavy atom. The van der Waals surface area contributed by atoms with Gasteiger partial charge in [0.25, 0.3) is 6.43 Å². The van der Waals surface area contributed by atoms with Gasteiger partial charge in [0, 0.05) is 12.6 Å². The molecule has 1 heterocycles. The smallest absolute Gasteiger partial charge is 0.256 e. The average Bonchev–Trinajstić information content (AvgIpc) is 2.72. The number of hydrogen-bond acceptors (Lipinski definition) is 2. The van der Waals surface area contributed by atoms with Gasteiger partial charge in [-0.25, -0.2) is 8.78 Å². The van der Waals surface area contributed by atoms with E-state index in [1.807, 2.05) is 7.05 Å². The standard InChI is InChI=1S/C9H16F2N2/c1-13-5-2-7(6-13)12-9(3-4-9)8(10)11/h7-8,12H,2-6H2,1H3/t7-/m0/s1. The summed E-state index contributed by atoms with van der Waals surface area (Å²) in [6.07, 6.45) is 0.0965. The molecule has 0 unspecified atom stereocenters. The van der Waals surface area contributed by atoms with Crippen LogP contribution in [-0.2, 0) is 0 Å². The van der Waals surface area contributed by atoms with Gasteiger partial charge in [-0.3, -0.25) is 0 Å². The fraction of sp³-hybridized carbons (Fsp3) is 1.00. The SMILES string of the molecule is CN1CC[C@H](NC2(C(F)F)CC2)C1. The normalized spacial score (nSPS) is 32.8. The first kappa shape index (κ1) is 9.34. The molecule has 1 aliphatic carbocycles. The van der Waals surface area contributed by atoms with Crippen LogP contribution in [0.5, 0.6) is 0 Å². The summed E-state index contributed by atoms with van der Waals surface area (Å²) >= 11 is 0. The Bertz CT molecular complexity index is 192. The summed E-state index contributed by atoms with van der Waals surface area (Å²) in [5, 5.41) is 3.10. The van der Waals surface area contributed by atoms with Gasteiger partial charge in [-0.15, -0.1) is 0 Å². The summed E-state index contributed by atoms with van der Waals surface area (Å²) in [4.78, 5) is 2.18. The maximum absolute atomic E-state index is 12.5. The fourth-order valence-corrected chi connectivity index (χ4v) is 2.02. The van der Waals surface area contributed by atoms with Gasteiger partial charge in [-0.1, -0.05) is 0 Å². The predicted molar refractivity (Wildman–Crippen MR) is 47.0 cm³/mol. The maximum Gasteiger partial charge on any atom is 0.256 e. The molecule has 0 bridgehead atoms. The number of likely N-dealkylation sites (N-methyl/N-ethyl adjacent to an activating group) is 1. The third kappa shape index (κ3) is 1.83. The van der Waals surface area contributed by atoms with Crippen molar-refractivity contribution in [3.63, 3.8) is 0 Å². The van der Waals surface area contributed by atoms with E-state index < -0.39 is 12.0 Å². The third-order valence-corrected chi connectivity index (χ3v) is 3.09. The van der Waals surface area contributed by atoms with Crippen molar-refractivity contribution >= 4 is 0 Å². The second kappa shape index (κ2) is 3.17. The van der Waals surface area contributed by atoms with E-state index in [0.29, 0.717) is 12.8 Å². The summed E-state index contributed by atoms with van der Waals surface area (Å²) < 4.78 is 25.1. The van der Waals surface area contributed by atoms with E-state index in [1.165, 1.54) is 0 Å². The molecule has 2 fully saturated rings. The molecule has 2 nitrogen and oxygen atoms in total. The molecule has 4 heteroatoms. The van der Waals surface area contributed by atoms with Gasteiger partial charge in [0.1, 0.15) is 0 Å². The van der Waals surface area contributed by atoms with Crippen LogP contribution in [0.2, 0.25) is 0 Å². The highest BCUT2D eigenvalue weighted by atomic mass is 19.3. The number of alkyl halides is 2. The molecule has 1 atom stereocenters. The fourth-order valence-electron chi connectivity index (χ4n) is 2.02. The highest BCUT2D eigenvalue weighted by Crippen LogP contribution is 2.41. The summed E-state index contributed by atoms with van der Waals surface area (Å²) in [5.74, 6) is 0. The molecule has 0 aromatic heterocycles. The zero-order chi connectivity index (χ0) is 9.47. The Labute approximate surface area is 77.3 Å². The summed E-state index contributed by atoms with van der Waals surface area (Å²) in [6, 6.07) is 0.279. The molecular formula is C9H16F2N2. The van der Waals surface area contributed by atoms with Crippen LogP contribution in [-0.4, -0.2) is 43.0 Å². The van der Waals surface area contributed by atoms with Crippen LogP contribution in [0.4, 0.5) is 8.78 Å². The lowest BCUT2D eigenvalue weighted by atomic mass is 10.2. The zero-order valence-corrected chi connectivity index (χ0v) is 7.89. The monoisotopic (exact) mass is 190 g/mol. The van der Waals surface area contributed by atoms with E-state index in [4.69, 9.17) is 0 Å². The van der Waals surface area contributed by atoms with Gasteiger partial charge in [-0.2, -0.15) is 0 Å². The molecule has 1 saturated carbocycles. The number of halogens is 2. The minimum absolute atomic E-state index is 0.279. The average molecular weight is 190 g/mol. The van der Waals surface area contributed by atoms with Crippen molar-refractivity contribution in [1.82, 2.24) is 10.2 Å². The molecule has 1 saturated heterocycles. The lowest BCUT2D eigenvalue weighted by molar-refractivity contribution is 0.0795. The molecule has 1 N–H and O–H groups in total. The van der Waals surface area contributed by atoms with Crippen molar-refractivity contribution in [2.24, 2.45) is 0 Å². The van der Waals surface area contributed by atoms with Gasteiger partial charge < -0.3 is 10.2 Å². The van der Waals surface area contributed by atoms with Gasteiger partial charge in [0.05, 0.1) is 5.54 Å². The molecule has 0 amide bonds. The first-order valence-electron chi connectivity index (χ1n) is 4.87. The van der Waals surface area contributed by atoms with E-state index in [-0.39, 0.29) is 6.04 Å². The molecule has 2 rings (SSSR count). The molecule has 0 aromatic carbocycles. The molecule has 13 heavy (non-hydrogen) atoms. The maximum atomic E-state index is 12.5. The van der Waals surface area contributed by atoms with E-state index in [9.17, 15) is 8.78 Å². The molecule has 0 spiro atoms. The number of likely N-dealkylation sites (tertiary alicyclic amines) is 1. The molecule has 0 aromatic rings. The van der Waals surface area contributed by atoms with Crippen LogP contribution in [0.3, 0.4) is 0 Å².